The zero-order valence-electron chi connectivity index (χ0n) is 6.67. The van der Waals surface area contributed by atoms with Crippen molar-refractivity contribution in [3.63, 3.8) is 0 Å². The standard InChI is InChI=1S/C8H8BrClO2S/c9-4-7-2-1-6(3-8(7)10)5-13(11)12/h1-3,13H,4-5H2. The van der Waals surface area contributed by atoms with Crippen LogP contribution in [0.15, 0.2) is 18.2 Å². The van der Waals surface area contributed by atoms with Gasteiger partial charge in [0.1, 0.15) is 10.7 Å². The minimum Gasteiger partial charge on any atom is -0.232 e. The van der Waals surface area contributed by atoms with Crippen LogP contribution in [0.3, 0.4) is 0 Å². The summed E-state index contributed by atoms with van der Waals surface area (Å²) in [6.07, 6.45) is 0. The van der Waals surface area contributed by atoms with E-state index in [0.29, 0.717) is 10.4 Å². The van der Waals surface area contributed by atoms with Gasteiger partial charge in [-0.15, -0.1) is 0 Å². The first-order chi connectivity index (χ1) is 6.13. The van der Waals surface area contributed by atoms with Crippen molar-refractivity contribution in [2.75, 3.05) is 0 Å². The van der Waals surface area contributed by atoms with Gasteiger partial charge in [-0.25, -0.2) is 8.42 Å². The average Bonchev–Trinajstić information content (AvgIpc) is 2.03. The molecule has 0 radical (unpaired) electrons. The first kappa shape index (κ1) is 11.0. The smallest absolute Gasteiger partial charge is 0.144 e. The number of halogens is 2. The van der Waals surface area contributed by atoms with Crippen LogP contribution in [0.25, 0.3) is 0 Å². The van der Waals surface area contributed by atoms with Gasteiger partial charge in [0.2, 0.25) is 0 Å². The highest BCUT2D eigenvalue weighted by Gasteiger charge is 2.00. The van der Waals surface area contributed by atoms with Crippen molar-refractivity contribution >= 4 is 38.2 Å². The van der Waals surface area contributed by atoms with E-state index >= 15 is 0 Å². The molecule has 0 saturated carbocycles. The highest BCUT2D eigenvalue weighted by Crippen LogP contribution is 2.20. The van der Waals surface area contributed by atoms with Crippen LogP contribution in [0.5, 0.6) is 0 Å². The lowest BCUT2D eigenvalue weighted by Crippen LogP contribution is -1.88. The zero-order valence-corrected chi connectivity index (χ0v) is 9.90. The van der Waals surface area contributed by atoms with Crippen molar-refractivity contribution in [2.45, 2.75) is 11.1 Å². The highest BCUT2D eigenvalue weighted by atomic mass is 79.9. The van der Waals surface area contributed by atoms with Gasteiger partial charge in [-0.05, 0) is 17.2 Å². The van der Waals surface area contributed by atoms with E-state index in [4.69, 9.17) is 11.6 Å². The Morgan fingerprint density at radius 3 is 2.54 bits per heavy atom. The van der Waals surface area contributed by atoms with E-state index < -0.39 is 10.7 Å². The predicted molar refractivity (Wildman–Crippen MR) is 58.1 cm³/mol. The van der Waals surface area contributed by atoms with Gasteiger partial charge in [-0.2, -0.15) is 0 Å². The second-order valence-electron chi connectivity index (χ2n) is 2.55. The van der Waals surface area contributed by atoms with Gasteiger partial charge in [-0.3, -0.25) is 0 Å². The van der Waals surface area contributed by atoms with Crippen molar-refractivity contribution in [2.24, 2.45) is 0 Å². The van der Waals surface area contributed by atoms with Crippen LogP contribution >= 0.6 is 27.5 Å². The van der Waals surface area contributed by atoms with Gasteiger partial charge in [0.05, 0.1) is 5.75 Å². The lowest BCUT2D eigenvalue weighted by atomic mass is 10.2. The van der Waals surface area contributed by atoms with Crippen LogP contribution in [-0.2, 0) is 21.8 Å². The summed E-state index contributed by atoms with van der Waals surface area (Å²) >= 11 is 9.17. The lowest BCUT2D eigenvalue weighted by Gasteiger charge is -2.01. The van der Waals surface area contributed by atoms with Crippen LogP contribution in [0.1, 0.15) is 11.1 Å². The molecule has 0 fully saturated rings. The molecule has 1 aromatic carbocycles. The molecule has 0 amide bonds. The third-order valence-corrected chi connectivity index (χ3v) is 3.15. The molecule has 0 aliphatic heterocycles. The molecule has 0 unspecified atom stereocenters. The Balaban J connectivity index is 2.95. The fourth-order valence-electron chi connectivity index (χ4n) is 0.947. The van der Waals surface area contributed by atoms with E-state index in [1.165, 1.54) is 0 Å². The van der Waals surface area contributed by atoms with Crippen LogP contribution in [-0.4, -0.2) is 8.42 Å². The van der Waals surface area contributed by atoms with E-state index in [1.54, 1.807) is 12.1 Å². The Hall–Kier alpha value is -0.0600. The predicted octanol–water partition coefficient (Wildman–Crippen LogP) is 2.35. The summed E-state index contributed by atoms with van der Waals surface area (Å²) in [6.45, 7) is 0. The molecule has 1 aromatic rings. The molecule has 0 atom stereocenters. The summed E-state index contributed by atoms with van der Waals surface area (Å²) in [5.74, 6) is 0.0532. The van der Waals surface area contributed by atoms with Gasteiger partial charge in [0.25, 0.3) is 0 Å². The van der Waals surface area contributed by atoms with Gasteiger partial charge in [-0.1, -0.05) is 39.7 Å². The second-order valence-corrected chi connectivity index (χ2v) is 4.50. The molecule has 5 heteroatoms. The molecule has 0 spiro atoms. The number of thiol groups is 1. The van der Waals surface area contributed by atoms with E-state index in [1.807, 2.05) is 6.07 Å². The minimum absolute atomic E-state index is 0.0532. The molecule has 2 nitrogen and oxygen atoms in total. The summed E-state index contributed by atoms with van der Waals surface area (Å²) < 4.78 is 20.8. The van der Waals surface area contributed by atoms with Gasteiger partial charge in [0, 0.05) is 10.4 Å². The maximum absolute atomic E-state index is 10.4. The second kappa shape index (κ2) is 4.98. The first-order valence-corrected chi connectivity index (χ1v) is 6.44. The Kier molecular flexibility index (Phi) is 4.22. The van der Waals surface area contributed by atoms with E-state index in [2.05, 4.69) is 15.9 Å². The molecule has 13 heavy (non-hydrogen) atoms. The monoisotopic (exact) mass is 282 g/mol. The molecule has 0 bridgehead atoms. The SMILES string of the molecule is O=[SH](=O)Cc1ccc(CBr)c(Cl)c1. The Morgan fingerprint density at radius 2 is 2.08 bits per heavy atom. The average molecular weight is 284 g/mol. The molecule has 0 aromatic heterocycles. The molecule has 0 N–H and O–H groups in total. The number of hydrogen-bond donors (Lipinski definition) is 1. The summed E-state index contributed by atoms with van der Waals surface area (Å²) in [5.41, 5.74) is 1.69. The van der Waals surface area contributed by atoms with E-state index in [-0.39, 0.29) is 5.75 Å². The number of hydrogen-bond acceptors (Lipinski definition) is 2. The van der Waals surface area contributed by atoms with Gasteiger partial charge in [0.15, 0.2) is 0 Å². The van der Waals surface area contributed by atoms with Crippen molar-refractivity contribution < 1.29 is 8.42 Å². The quantitative estimate of drug-likeness (QED) is 0.682. The van der Waals surface area contributed by atoms with Gasteiger partial charge < -0.3 is 0 Å². The molecule has 72 valence electrons. The van der Waals surface area contributed by atoms with Crippen LogP contribution in [0, 0.1) is 0 Å². The zero-order chi connectivity index (χ0) is 9.84. The third-order valence-electron chi connectivity index (χ3n) is 1.57. The summed E-state index contributed by atoms with van der Waals surface area (Å²) in [7, 11) is -2.37. The molecule has 0 saturated heterocycles. The minimum atomic E-state index is -2.37. The van der Waals surface area contributed by atoms with Crippen LogP contribution in [0.2, 0.25) is 5.02 Å². The van der Waals surface area contributed by atoms with Gasteiger partial charge >= 0.3 is 0 Å². The lowest BCUT2D eigenvalue weighted by molar-refractivity contribution is 0.614. The molecule has 0 aliphatic rings. The van der Waals surface area contributed by atoms with Crippen molar-refractivity contribution in [1.29, 1.82) is 0 Å². The molecular formula is C8H8BrClO2S. The Labute approximate surface area is 92.0 Å². The van der Waals surface area contributed by atoms with Crippen molar-refractivity contribution in [3.05, 3.63) is 34.3 Å². The van der Waals surface area contributed by atoms with Crippen molar-refractivity contribution in [3.8, 4) is 0 Å². The summed E-state index contributed by atoms with van der Waals surface area (Å²) in [5, 5.41) is 1.28. The highest BCUT2D eigenvalue weighted by molar-refractivity contribution is 9.08. The van der Waals surface area contributed by atoms with Crippen LogP contribution < -0.4 is 0 Å². The first-order valence-electron chi connectivity index (χ1n) is 3.58. The maximum atomic E-state index is 10.4. The molecule has 0 heterocycles. The van der Waals surface area contributed by atoms with Crippen molar-refractivity contribution in [1.82, 2.24) is 0 Å². The Bertz CT molecular complexity index is 368. The molecule has 1 rings (SSSR count). The maximum Gasteiger partial charge on any atom is 0.144 e. The normalized spacial score (nSPS) is 10.7. The molecular weight excluding hydrogens is 276 g/mol. The number of alkyl halides is 1. The van der Waals surface area contributed by atoms with E-state index in [0.717, 1.165) is 11.1 Å². The van der Waals surface area contributed by atoms with Crippen LogP contribution in [0.4, 0.5) is 0 Å². The summed E-state index contributed by atoms with van der Waals surface area (Å²) in [4.78, 5) is 0. The topological polar surface area (TPSA) is 34.1 Å². The summed E-state index contributed by atoms with van der Waals surface area (Å²) in [6, 6.07) is 5.28. The number of rotatable bonds is 3. The fourth-order valence-corrected chi connectivity index (χ4v) is 2.36. The molecule has 0 aliphatic carbocycles. The third kappa shape index (κ3) is 3.29. The van der Waals surface area contributed by atoms with E-state index in [9.17, 15) is 8.42 Å². The fraction of sp³-hybridized carbons (Fsp3) is 0.250. The Morgan fingerprint density at radius 1 is 1.38 bits per heavy atom. The number of benzene rings is 1. The largest absolute Gasteiger partial charge is 0.232 e.